The lowest BCUT2D eigenvalue weighted by atomic mass is 9.86. The second-order valence-electron chi connectivity index (χ2n) is 12.7. The summed E-state index contributed by atoms with van der Waals surface area (Å²) in [5.41, 5.74) is 6.82. The fraction of sp³-hybridized carbons (Fsp3) is 0.341. The lowest BCUT2D eigenvalue weighted by Crippen LogP contribution is -2.38. The van der Waals surface area contributed by atoms with Crippen molar-refractivity contribution >= 4 is 29.1 Å². The van der Waals surface area contributed by atoms with Gasteiger partial charge in [0, 0.05) is 35.8 Å². The minimum absolute atomic E-state index is 0.119. The van der Waals surface area contributed by atoms with Gasteiger partial charge in [-0.3, -0.25) is 0 Å². The number of carboxylic acids is 1. The number of benzene rings is 2. The van der Waals surface area contributed by atoms with E-state index in [4.69, 9.17) is 26.1 Å². The van der Waals surface area contributed by atoms with Gasteiger partial charge in [0.05, 0.1) is 17.6 Å². The topological polar surface area (TPSA) is 133 Å². The van der Waals surface area contributed by atoms with Crippen LogP contribution in [0.2, 0.25) is 0 Å². The third-order valence-electron chi connectivity index (χ3n) is 9.46. The molecule has 0 spiro atoms. The number of halogens is 1. The molecule has 1 N–H and O–H groups in total. The van der Waals surface area contributed by atoms with E-state index in [1.807, 2.05) is 25.1 Å². The summed E-state index contributed by atoms with van der Waals surface area (Å²) in [4.78, 5) is 40.4. The molecule has 1 aliphatic carbocycles. The molecule has 3 heterocycles. The van der Waals surface area contributed by atoms with E-state index in [9.17, 15) is 19.5 Å². The number of carbonyl (C=O) groups is 3. The number of likely N-dealkylation sites (tertiary alicyclic amines) is 1. The van der Waals surface area contributed by atoms with Crippen molar-refractivity contribution in [2.45, 2.75) is 64.4 Å². The average molecular weight is 741 g/mol. The predicted molar refractivity (Wildman–Crippen MR) is 203 cm³/mol. The molecule has 2 aromatic heterocycles. The van der Waals surface area contributed by atoms with Crippen molar-refractivity contribution in [3.63, 3.8) is 0 Å². The van der Waals surface area contributed by atoms with Gasteiger partial charge < -0.3 is 24.2 Å². The summed E-state index contributed by atoms with van der Waals surface area (Å²) >= 11 is 4.75. The number of rotatable bonds is 12. The molecule has 53 heavy (non-hydrogen) atoms. The highest BCUT2D eigenvalue weighted by molar-refractivity contribution is 6.61. The smallest absolute Gasteiger partial charge is 0.410 e. The quantitative estimate of drug-likeness (QED) is 0.112. The first-order valence-electron chi connectivity index (χ1n) is 17.8. The fourth-order valence-electron chi connectivity index (χ4n) is 7.01. The number of nitrogens with zero attached hydrogens (tertiary/aromatic N) is 4. The van der Waals surface area contributed by atoms with Gasteiger partial charge in [0.1, 0.15) is 30.6 Å². The van der Waals surface area contributed by atoms with E-state index < -0.39 is 11.4 Å². The molecule has 2 aliphatic rings. The van der Waals surface area contributed by atoms with Gasteiger partial charge in [-0.15, -0.1) is 0 Å². The third-order valence-corrected chi connectivity index (χ3v) is 9.57. The van der Waals surface area contributed by atoms with Crippen LogP contribution in [0.1, 0.15) is 83.4 Å². The Hall–Kier alpha value is -5.42. The van der Waals surface area contributed by atoms with Crippen molar-refractivity contribution in [1.29, 1.82) is 0 Å². The molecule has 4 aromatic rings. The van der Waals surface area contributed by atoms with Crippen molar-refractivity contribution in [2.75, 3.05) is 26.3 Å². The van der Waals surface area contributed by atoms with Crippen LogP contribution in [0.5, 0.6) is 5.75 Å². The maximum Gasteiger partial charge on any atom is 0.410 e. The van der Waals surface area contributed by atoms with Gasteiger partial charge in [-0.1, -0.05) is 69.5 Å². The van der Waals surface area contributed by atoms with Crippen LogP contribution in [0, 0.1) is 0 Å². The second-order valence-corrected chi connectivity index (χ2v) is 13.0. The number of aryl methyl sites for hydroxylation is 2. The molecule has 11 nitrogen and oxygen atoms in total. The Morgan fingerprint density at radius 2 is 1.70 bits per heavy atom. The fourth-order valence-corrected chi connectivity index (χ4v) is 7.07. The summed E-state index contributed by atoms with van der Waals surface area (Å²) in [6, 6.07) is 18.6. The SMILES string of the molecule is C=CCOC(=O)Cl.C=CCOC(=O)N1CCC(c2ccc(O[C@H]3CCc4cccc(-c5cccc(-n6ncc(C(=O)O)c6CC)n5)c43)cc2CC)CC1. The maximum atomic E-state index is 12.3. The number of amides is 1. The molecule has 6 rings (SSSR count). The Morgan fingerprint density at radius 3 is 2.36 bits per heavy atom. The molecule has 278 valence electrons. The molecule has 0 unspecified atom stereocenters. The van der Waals surface area contributed by atoms with E-state index in [1.54, 1.807) is 15.7 Å². The molecule has 1 saturated heterocycles. The molecule has 1 amide bonds. The van der Waals surface area contributed by atoms with E-state index in [0.717, 1.165) is 54.7 Å². The Labute approximate surface area is 314 Å². The number of carbonyl (C=O) groups excluding carboxylic acids is 2. The first kappa shape index (κ1) is 38.8. The average Bonchev–Trinajstić information content (AvgIpc) is 3.81. The van der Waals surface area contributed by atoms with Gasteiger partial charge in [-0.05, 0) is 85.4 Å². The van der Waals surface area contributed by atoms with Crippen LogP contribution in [0.25, 0.3) is 17.1 Å². The number of aromatic nitrogens is 3. The Kier molecular flexibility index (Phi) is 13.4. The molecule has 0 bridgehead atoms. The number of hydrogen-bond donors (Lipinski definition) is 1. The zero-order chi connectivity index (χ0) is 37.9. The predicted octanol–water partition coefficient (Wildman–Crippen LogP) is 8.87. The number of aromatic carboxylic acids is 1. The van der Waals surface area contributed by atoms with Crippen molar-refractivity contribution < 1.29 is 33.7 Å². The Bertz CT molecular complexity index is 1950. The number of carboxylic acid groups (broad SMARTS) is 1. The highest BCUT2D eigenvalue weighted by Gasteiger charge is 2.30. The van der Waals surface area contributed by atoms with Crippen LogP contribution < -0.4 is 4.74 Å². The normalized spacial score (nSPS) is 15.1. The molecule has 1 fully saturated rings. The van der Waals surface area contributed by atoms with Crippen molar-refractivity contribution in [3.8, 4) is 22.8 Å². The van der Waals surface area contributed by atoms with Gasteiger partial charge >= 0.3 is 17.5 Å². The van der Waals surface area contributed by atoms with Crippen LogP contribution in [-0.4, -0.2) is 68.6 Å². The summed E-state index contributed by atoms with van der Waals surface area (Å²) in [5, 5.41) is 14.0. The van der Waals surface area contributed by atoms with Gasteiger partial charge in [-0.2, -0.15) is 5.10 Å². The third kappa shape index (κ3) is 9.34. The maximum absolute atomic E-state index is 12.3. The zero-order valence-electron chi connectivity index (χ0n) is 30.1. The monoisotopic (exact) mass is 740 g/mol. The van der Waals surface area contributed by atoms with Crippen LogP contribution >= 0.6 is 11.6 Å². The van der Waals surface area contributed by atoms with E-state index >= 15 is 0 Å². The Balaban J connectivity index is 0.000000705. The van der Waals surface area contributed by atoms with Crippen molar-refractivity contribution in [2.24, 2.45) is 0 Å². The first-order chi connectivity index (χ1) is 25.7. The van der Waals surface area contributed by atoms with Crippen LogP contribution in [-0.2, 0) is 28.7 Å². The van der Waals surface area contributed by atoms with Crippen LogP contribution in [0.15, 0.2) is 86.1 Å². The molecular formula is C41H45ClN4O7. The summed E-state index contributed by atoms with van der Waals surface area (Å²) in [5.74, 6) is 0.828. The summed E-state index contributed by atoms with van der Waals surface area (Å²) < 4.78 is 17.8. The number of fused-ring (bicyclic) bond motifs is 1. The lowest BCUT2D eigenvalue weighted by Gasteiger charge is -2.32. The van der Waals surface area contributed by atoms with Gasteiger partial charge in [-0.25, -0.2) is 24.0 Å². The minimum Gasteiger partial charge on any atom is -0.486 e. The number of pyridine rings is 1. The van der Waals surface area contributed by atoms with Gasteiger partial charge in [0.25, 0.3) is 0 Å². The number of ether oxygens (including phenoxy) is 3. The highest BCUT2D eigenvalue weighted by Crippen LogP contribution is 2.42. The standard InChI is InChI=1S/C37H40N4O5.C4H5ClO2/c1-4-21-45-37(44)40-19-17-25(18-20-40)28-15-14-27(22-24(28)5-2)46-33-16-13-26-9-7-10-29(35(26)33)31-11-8-12-34(39-31)41-32(6-3)30(23-38-41)36(42)43;1-2-3-7-4(5)6/h4,7-12,14-15,22-23,25,33H,1,5-6,13,16-21H2,2-3H3,(H,42,43);2H,1,3H2/t33-;/m0./s1. The molecule has 0 radical (unpaired) electrons. The summed E-state index contributed by atoms with van der Waals surface area (Å²) in [6.45, 7) is 12.8. The minimum atomic E-state index is -0.994. The highest BCUT2D eigenvalue weighted by atomic mass is 35.5. The van der Waals surface area contributed by atoms with Gasteiger partial charge in [0.2, 0.25) is 0 Å². The molecule has 1 atom stereocenters. The molecular weight excluding hydrogens is 696 g/mol. The summed E-state index contributed by atoms with van der Waals surface area (Å²) in [7, 11) is 0. The largest absolute Gasteiger partial charge is 0.486 e. The molecule has 0 saturated carbocycles. The number of hydrogen-bond acceptors (Lipinski definition) is 8. The van der Waals surface area contributed by atoms with E-state index in [-0.39, 0.29) is 31.0 Å². The van der Waals surface area contributed by atoms with Crippen LogP contribution in [0.3, 0.4) is 0 Å². The first-order valence-corrected chi connectivity index (χ1v) is 18.2. The molecule has 2 aromatic carbocycles. The Morgan fingerprint density at radius 1 is 0.962 bits per heavy atom. The summed E-state index contributed by atoms with van der Waals surface area (Å²) in [6.07, 6.45) is 9.04. The van der Waals surface area contributed by atoms with Crippen molar-refractivity contribution in [1.82, 2.24) is 19.7 Å². The van der Waals surface area contributed by atoms with E-state index in [2.05, 4.69) is 66.3 Å². The zero-order valence-corrected chi connectivity index (χ0v) is 30.9. The van der Waals surface area contributed by atoms with Gasteiger partial charge in [0.15, 0.2) is 5.82 Å². The second kappa shape index (κ2) is 18.4. The van der Waals surface area contributed by atoms with E-state index in [1.165, 1.54) is 29.0 Å². The number of piperidine rings is 1. The van der Waals surface area contributed by atoms with Crippen molar-refractivity contribution in [3.05, 3.63) is 120 Å². The van der Waals surface area contributed by atoms with E-state index in [0.29, 0.717) is 36.9 Å². The lowest BCUT2D eigenvalue weighted by molar-refractivity contribution is 0.0695. The molecule has 1 aliphatic heterocycles. The molecule has 12 heteroatoms. The van der Waals surface area contributed by atoms with Crippen LogP contribution in [0.4, 0.5) is 9.59 Å².